The molecule has 1 amide bonds. The van der Waals surface area contributed by atoms with Crippen LogP contribution in [0.3, 0.4) is 0 Å². The Morgan fingerprint density at radius 3 is 2.35 bits per heavy atom. The Morgan fingerprint density at radius 2 is 1.68 bits per heavy atom. The number of fused-ring (bicyclic) bond motifs is 7. The van der Waals surface area contributed by atoms with Gasteiger partial charge in [-0.2, -0.15) is 0 Å². The Labute approximate surface area is 224 Å². The number of rotatable bonds is 3. The molecular weight excluding hydrogens is 460 g/mol. The Balaban J connectivity index is 1.56. The summed E-state index contributed by atoms with van der Waals surface area (Å²) < 4.78 is 0. The maximum Gasteiger partial charge on any atom is 0.226 e. The molecule has 1 unspecified atom stereocenters. The molecule has 208 valence electrons. The van der Waals surface area contributed by atoms with Crippen molar-refractivity contribution >= 4 is 11.7 Å². The Kier molecular flexibility index (Phi) is 6.21. The smallest absolute Gasteiger partial charge is 0.226 e. The minimum atomic E-state index is -0.424. The number of carbonyl (C=O) groups excluding carboxylic acids is 2. The van der Waals surface area contributed by atoms with Crippen molar-refractivity contribution < 1.29 is 14.7 Å². The van der Waals surface area contributed by atoms with E-state index in [9.17, 15) is 14.7 Å². The van der Waals surface area contributed by atoms with Gasteiger partial charge in [0.2, 0.25) is 5.91 Å². The predicted octanol–water partition coefficient (Wildman–Crippen LogP) is 5.40. The van der Waals surface area contributed by atoms with Crippen LogP contribution in [0.2, 0.25) is 0 Å². The molecule has 0 aromatic carbocycles. The molecule has 0 aromatic rings. The summed E-state index contributed by atoms with van der Waals surface area (Å²) in [5, 5.41) is 14.0. The summed E-state index contributed by atoms with van der Waals surface area (Å²) in [6, 6.07) is 0. The lowest BCUT2D eigenvalue weighted by atomic mass is 9.33. The van der Waals surface area contributed by atoms with Gasteiger partial charge < -0.3 is 16.2 Å². The zero-order valence-electron chi connectivity index (χ0n) is 24.5. The maximum absolute atomic E-state index is 14.4. The first-order valence-corrected chi connectivity index (χ1v) is 15.0. The van der Waals surface area contributed by atoms with Crippen molar-refractivity contribution in [3.63, 3.8) is 0 Å². The van der Waals surface area contributed by atoms with E-state index in [1.807, 2.05) is 0 Å². The number of nitrogens with one attached hydrogen (secondary N) is 1. The first kappa shape index (κ1) is 27.4. The summed E-state index contributed by atoms with van der Waals surface area (Å²) in [7, 11) is 0. The highest BCUT2D eigenvalue weighted by atomic mass is 16.3. The molecule has 0 radical (unpaired) electrons. The van der Waals surface area contributed by atoms with Gasteiger partial charge in [0.15, 0.2) is 5.78 Å². The Hall–Kier alpha value is -1.20. The van der Waals surface area contributed by atoms with Crippen LogP contribution in [0.25, 0.3) is 0 Å². The first-order chi connectivity index (χ1) is 17.1. The number of aliphatic hydroxyl groups excluding tert-OH is 1. The largest absolute Gasteiger partial charge is 0.393 e. The highest BCUT2D eigenvalue weighted by molar-refractivity contribution is 5.95. The van der Waals surface area contributed by atoms with Gasteiger partial charge in [-0.05, 0) is 103 Å². The van der Waals surface area contributed by atoms with E-state index in [1.165, 1.54) is 5.57 Å². The molecule has 37 heavy (non-hydrogen) atoms. The third kappa shape index (κ3) is 3.54. The monoisotopic (exact) mass is 512 g/mol. The number of ketones is 1. The number of allylic oxidation sites excluding steroid dienone is 2. The van der Waals surface area contributed by atoms with Gasteiger partial charge in [-0.1, -0.05) is 54.0 Å². The lowest BCUT2D eigenvalue weighted by molar-refractivity contribution is -0.202. The molecule has 4 N–H and O–H groups in total. The zero-order chi connectivity index (χ0) is 27.2. The highest BCUT2D eigenvalue weighted by Gasteiger charge is 2.70. The topological polar surface area (TPSA) is 92.4 Å². The second-order valence-electron chi connectivity index (χ2n) is 15.7. The molecule has 5 aliphatic carbocycles. The van der Waals surface area contributed by atoms with Gasteiger partial charge in [0, 0.05) is 24.4 Å². The second kappa shape index (κ2) is 8.40. The first-order valence-electron chi connectivity index (χ1n) is 15.0. The van der Waals surface area contributed by atoms with Gasteiger partial charge in [-0.3, -0.25) is 9.59 Å². The van der Waals surface area contributed by atoms with Crippen LogP contribution in [0.5, 0.6) is 0 Å². The van der Waals surface area contributed by atoms with E-state index in [0.29, 0.717) is 24.8 Å². The molecule has 0 bridgehead atoms. The maximum atomic E-state index is 14.4. The molecule has 5 nitrogen and oxygen atoms in total. The molecule has 0 aliphatic heterocycles. The van der Waals surface area contributed by atoms with Crippen LogP contribution in [0.1, 0.15) is 106 Å². The molecule has 0 saturated heterocycles. The van der Waals surface area contributed by atoms with Crippen LogP contribution >= 0.6 is 0 Å². The molecule has 0 heterocycles. The van der Waals surface area contributed by atoms with Crippen molar-refractivity contribution in [3.05, 3.63) is 11.6 Å². The molecule has 5 heteroatoms. The lowest BCUT2D eigenvalue weighted by Gasteiger charge is -2.70. The number of amides is 1. The van der Waals surface area contributed by atoms with Gasteiger partial charge >= 0.3 is 0 Å². The summed E-state index contributed by atoms with van der Waals surface area (Å²) in [5.74, 6) is 1.04. The van der Waals surface area contributed by atoms with Gasteiger partial charge in [-0.25, -0.2) is 0 Å². The van der Waals surface area contributed by atoms with Crippen molar-refractivity contribution in [1.29, 1.82) is 0 Å². The second-order valence-corrected chi connectivity index (χ2v) is 15.7. The predicted molar refractivity (Wildman–Crippen MR) is 147 cm³/mol. The van der Waals surface area contributed by atoms with Crippen molar-refractivity contribution in [2.45, 2.75) is 112 Å². The third-order valence-corrected chi connectivity index (χ3v) is 13.5. The molecular formula is C32H52N2O3. The van der Waals surface area contributed by atoms with Crippen LogP contribution in [0.15, 0.2) is 11.6 Å². The quantitative estimate of drug-likeness (QED) is 0.472. The average Bonchev–Trinajstić information content (AvgIpc) is 2.82. The van der Waals surface area contributed by atoms with Gasteiger partial charge in [-0.15, -0.1) is 0 Å². The van der Waals surface area contributed by atoms with Gasteiger partial charge in [0.05, 0.1) is 6.10 Å². The van der Waals surface area contributed by atoms with Crippen molar-refractivity contribution in [1.82, 2.24) is 5.32 Å². The summed E-state index contributed by atoms with van der Waals surface area (Å²) in [5.41, 5.74) is 6.32. The van der Waals surface area contributed by atoms with Crippen LogP contribution in [0.4, 0.5) is 0 Å². The van der Waals surface area contributed by atoms with E-state index in [4.69, 9.17) is 5.73 Å². The number of nitrogens with two attached hydrogens (primary N) is 1. The number of carbonyl (C=O) groups is 2. The minimum Gasteiger partial charge on any atom is -0.393 e. The summed E-state index contributed by atoms with van der Waals surface area (Å²) in [6.07, 6.45) is 10.6. The number of hydrogen-bond donors (Lipinski definition) is 3. The molecule has 0 aromatic heterocycles. The van der Waals surface area contributed by atoms with Crippen LogP contribution in [0, 0.1) is 50.2 Å². The van der Waals surface area contributed by atoms with E-state index >= 15 is 0 Å². The SMILES string of the molecule is CC1(C)[C@@H](O)CC[C@]2(C)[C@H]3C(=O)C=C4C5C[C@@](C)(C(=O)NCCN)CC[C@]5(C)CC[C@@]4(C)[C@]3(C)CC[C@@H]12. The van der Waals surface area contributed by atoms with E-state index in [-0.39, 0.29) is 50.9 Å². The van der Waals surface area contributed by atoms with E-state index in [2.05, 4.69) is 59.9 Å². The molecule has 4 fully saturated rings. The minimum absolute atomic E-state index is 0.00791. The molecule has 5 rings (SSSR count). The average molecular weight is 513 g/mol. The van der Waals surface area contributed by atoms with Gasteiger partial charge in [0.1, 0.15) is 0 Å². The summed E-state index contributed by atoms with van der Waals surface area (Å²) >= 11 is 0. The molecule has 9 atom stereocenters. The van der Waals surface area contributed by atoms with Gasteiger partial charge in [0.25, 0.3) is 0 Å². The van der Waals surface area contributed by atoms with E-state index in [1.54, 1.807) is 0 Å². The fourth-order valence-corrected chi connectivity index (χ4v) is 10.8. The number of aliphatic hydroxyl groups is 1. The third-order valence-electron chi connectivity index (χ3n) is 13.5. The number of hydrogen-bond acceptors (Lipinski definition) is 4. The zero-order valence-corrected chi connectivity index (χ0v) is 24.5. The van der Waals surface area contributed by atoms with Crippen molar-refractivity contribution in [3.8, 4) is 0 Å². The fourth-order valence-electron chi connectivity index (χ4n) is 10.8. The van der Waals surface area contributed by atoms with E-state index in [0.717, 1.165) is 57.8 Å². The molecule has 4 saturated carbocycles. The molecule has 0 spiro atoms. The van der Waals surface area contributed by atoms with Crippen molar-refractivity contribution in [2.75, 3.05) is 13.1 Å². The van der Waals surface area contributed by atoms with E-state index < -0.39 is 5.41 Å². The van der Waals surface area contributed by atoms with Crippen LogP contribution in [-0.4, -0.2) is 36.0 Å². The standard InChI is InChI=1S/C32H52N2O3/c1-27(2)23-8-11-32(7)25(30(23,5)10-9-24(27)36)22(35)18-20-21-19-29(4,26(37)34-17-16-33)13-12-28(21,3)14-15-31(20,32)6/h18,21,23-25,36H,8-17,19,33H2,1-7H3,(H,34,37)/t21?,23-,24-,25+,28+,29-,30-,31+,32+/m0/s1. The Morgan fingerprint density at radius 1 is 1.00 bits per heavy atom. The van der Waals surface area contributed by atoms with Crippen LogP contribution in [-0.2, 0) is 9.59 Å². The Bertz CT molecular complexity index is 1020. The summed E-state index contributed by atoms with van der Waals surface area (Å²) in [4.78, 5) is 27.6. The fraction of sp³-hybridized carbons (Fsp3) is 0.875. The normalized spacial score (nSPS) is 50.6. The molecule has 5 aliphatic rings. The highest BCUT2D eigenvalue weighted by Crippen LogP contribution is 2.75. The van der Waals surface area contributed by atoms with Crippen LogP contribution < -0.4 is 11.1 Å². The van der Waals surface area contributed by atoms with Crippen molar-refractivity contribution in [2.24, 2.45) is 56.0 Å². The lowest BCUT2D eigenvalue weighted by Crippen LogP contribution is -2.66. The summed E-state index contributed by atoms with van der Waals surface area (Å²) in [6.45, 7) is 17.2.